The number of carbonyl (C=O) groups excluding carboxylic acids is 1. The fourth-order valence-electron chi connectivity index (χ4n) is 2.91. The van der Waals surface area contributed by atoms with Gasteiger partial charge in [-0.3, -0.25) is 14.8 Å². The van der Waals surface area contributed by atoms with Crippen molar-refractivity contribution in [2.75, 3.05) is 0 Å². The molecule has 1 N–H and O–H groups in total. The number of hydrogen-bond acceptors (Lipinski definition) is 3. The summed E-state index contributed by atoms with van der Waals surface area (Å²) < 4.78 is 0. The van der Waals surface area contributed by atoms with E-state index in [2.05, 4.69) is 15.3 Å². The Morgan fingerprint density at radius 2 is 1.62 bits per heavy atom. The lowest BCUT2D eigenvalue weighted by molar-refractivity contribution is 0.0950. The minimum absolute atomic E-state index is 0.113. The molecule has 0 spiro atoms. The number of nitrogens with zero attached hydrogens (tertiary/aromatic N) is 2. The molecule has 0 radical (unpaired) electrons. The van der Waals surface area contributed by atoms with Gasteiger partial charge in [-0.1, -0.05) is 42.5 Å². The average Bonchev–Trinajstić information content (AvgIpc) is 2.72. The van der Waals surface area contributed by atoms with Crippen LogP contribution in [0.3, 0.4) is 0 Å². The fourth-order valence-corrected chi connectivity index (χ4v) is 2.91. The molecule has 2 aromatic heterocycles. The van der Waals surface area contributed by atoms with Gasteiger partial charge in [0.05, 0.1) is 17.8 Å². The van der Waals surface area contributed by atoms with Crippen LogP contribution in [0.25, 0.3) is 22.0 Å². The zero-order chi connectivity index (χ0) is 17.8. The number of nitrogens with one attached hydrogen (secondary N) is 1. The molecule has 0 saturated heterocycles. The van der Waals surface area contributed by atoms with Gasteiger partial charge in [-0.15, -0.1) is 0 Å². The van der Waals surface area contributed by atoms with Crippen LogP contribution < -0.4 is 5.32 Å². The van der Waals surface area contributed by atoms with Gasteiger partial charge in [0, 0.05) is 28.9 Å². The quantitative estimate of drug-likeness (QED) is 0.605. The molecule has 2 aromatic carbocycles. The molecule has 4 nitrogen and oxygen atoms in total. The van der Waals surface area contributed by atoms with E-state index in [9.17, 15) is 4.79 Å². The van der Waals surface area contributed by atoms with Gasteiger partial charge in [0.1, 0.15) is 0 Å². The largest absolute Gasteiger partial charge is 0.346 e. The Kier molecular flexibility index (Phi) is 4.39. The van der Waals surface area contributed by atoms with Crippen LogP contribution in [0.2, 0.25) is 0 Å². The Hall–Kier alpha value is -3.53. The first kappa shape index (κ1) is 16.0. The molecule has 4 aromatic rings. The van der Waals surface area contributed by atoms with E-state index in [0.29, 0.717) is 12.1 Å². The Bertz CT molecular complexity index is 1040. The predicted octanol–water partition coefficient (Wildman–Crippen LogP) is 4.23. The summed E-state index contributed by atoms with van der Waals surface area (Å²) in [6, 6.07) is 23.3. The van der Waals surface area contributed by atoms with Crippen molar-refractivity contribution in [1.29, 1.82) is 0 Å². The molecular weight excluding hydrogens is 322 g/mol. The maximum Gasteiger partial charge on any atom is 0.251 e. The van der Waals surface area contributed by atoms with Crippen LogP contribution in [-0.4, -0.2) is 15.9 Å². The normalized spacial score (nSPS) is 10.6. The van der Waals surface area contributed by atoms with E-state index in [1.165, 1.54) is 0 Å². The van der Waals surface area contributed by atoms with Gasteiger partial charge in [-0.05, 0) is 35.9 Å². The number of rotatable bonds is 4. The SMILES string of the molecule is O=C(NCc1ccccn1)c1ccc(-c2cccc3cccnc23)cc1. The molecule has 0 atom stereocenters. The van der Waals surface area contributed by atoms with Gasteiger partial charge >= 0.3 is 0 Å². The van der Waals surface area contributed by atoms with Crippen molar-refractivity contribution in [2.45, 2.75) is 6.54 Å². The topological polar surface area (TPSA) is 54.9 Å². The van der Waals surface area contributed by atoms with Gasteiger partial charge in [-0.25, -0.2) is 0 Å². The van der Waals surface area contributed by atoms with Crippen LogP contribution in [0.1, 0.15) is 16.1 Å². The molecule has 4 rings (SSSR count). The van der Waals surface area contributed by atoms with Crippen molar-refractivity contribution in [2.24, 2.45) is 0 Å². The summed E-state index contributed by atoms with van der Waals surface area (Å²) in [7, 11) is 0. The molecule has 0 aliphatic heterocycles. The van der Waals surface area contributed by atoms with Gasteiger partial charge in [-0.2, -0.15) is 0 Å². The second-order valence-corrected chi connectivity index (χ2v) is 5.96. The van der Waals surface area contributed by atoms with Crippen LogP contribution in [0, 0.1) is 0 Å². The third-order valence-electron chi connectivity index (χ3n) is 4.25. The van der Waals surface area contributed by atoms with Crippen LogP contribution in [-0.2, 0) is 6.54 Å². The number of fused-ring (bicyclic) bond motifs is 1. The first-order valence-electron chi connectivity index (χ1n) is 8.43. The van der Waals surface area contributed by atoms with E-state index in [-0.39, 0.29) is 5.91 Å². The lowest BCUT2D eigenvalue weighted by Crippen LogP contribution is -2.23. The summed E-state index contributed by atoms with van der Waals surface area (Å²) in [6.07, 6.45) is 3.51. The number of benzene rings is 2. The smallest absolute Gasteiger partial charge is 0.251 e. The number of carbonyl (C=O) groups is 1. The van der Waals surface area contributed by atoms with E-state index in [1.54, 1.807) is 12.4 Å². The van der Waals surface area contributed by atoms with Crippen molar-refractivity contribution >= 4 is 16.8 Å². The lowest BCUT2D eigenvalue weighted by atomic mass is 10.0. The Balaban J connectivity index is 1.54. The third-order valence-corrected chi connectivity index (χ3v) is 4.25. The molecule has 2 heterocycles. The van der Waals surface area contributed by atoms with Crippen molar-refractivity contribution in [3.8, 4) is 11.1 Å². The Morgan fingerprint density at radius 1 is 0.808 bits per heavy atom. The highest BCUT2D eigenvalue weighted by molar-refractivity contribution is 5.96. The standard InChI is InChI=1S/C22H17N3O/c26-22(25-15-19-7-1-2-13-23-19)18-11-9-16(10-12-18)20-8-3-5-17-6-4-14-24-21(17)20/h1-14H,15H2,(H,25,26). The molecule has 126 valence electrons. The van der Waals surface area contributed by atoms with Crippen LogP contribution in [0.4, 0.5) is 0 Å². The minimum atomic E-state index is -0.113. The number of amides is 1. The van der Waals surface area contributed by atoms with Gasteiger partial charge in [0.25, 0.3) is 5.91 Å². The summed E-state index contributed by atoms with van der Waals surface area (Å²) in [5.74, 6) is -0.113. The van der Waals surface area contributed by atoms with E-state index < -0.39 is 0 Å². The van der Waals surface area contributed by atoms with E-state index >= 15 is 0 Å². The van der Waals surface area contributed by atoms with E-state index in [0.717, 1.165) is 27.7 Å². The zero-order valence-corrected chi connectivity index (χ0v) is 14.1. The maximum atomic E-state index is 12.3. The molecule has 26 heavy (non-hydrogen) atoms. The number of pyridine rings is 2. The van der Waals surface area contributed by atoms with Gasteiger partial charge in [0.2, 0.25) is 0 Å². The highest BCUT2D eigenvalue weighted by Crippen LogP contribution is 2.27. The molecule has 0 saturated carbocycles. The van der Waals surface area contributed by atoms with E-state index in [1.807, 2.05) is 72.8 Å². The monoisotopic (exact) mass is 339 g/mol. The third kappa shape index (κ3) is 3.30. The summed E-state index contributed by atoms with van der Waals surface area (Å²) >= 11 is 0. The van der Waals surface area contributed by atoms with E-state index in [4.69, 9.17) is 0 Å². The van der Waals surface area contributed by atoms with Crippen molar-refractivity contribution in [3.63, 3.8) is 0 Å². The summed E-state index contributed by atoms with van der Waals surface area (Å²) in [6.45, 7) is 0.411. The first-order chi connectivity index (χ1) is 12.8. The van der Waals surface area contributed by atoms with Crippen LogP contribution in [0.15, 0.2) is 85.2 Å². The number of para-hydroxylation sites is 1. The molecule has 0 aliphatic rings. The highest BCUT2D eigenvalue weighted by atomic mass is 16.1. The van der Waals surface area contributed by atoms with Crippen molar-refractivity contribution < 1.29 is 4.79 Å². The maximum absolute atomic E-state index is 12.3. The molecule has 0 fully saturated rings. The Labute approximate surface area is 151 Å². The molecule has 0 bridgehead atoms. The summed E-state index contributed by atoms with van der Waals surface area (Å²) in [4.78, 5) is 21.0. The van der Waals surface area contributed by atoms with Gasteiger partial charge in [0.15, 0.2) is 0 Å². The summed E-state index contributed by atoms with van der Waals surface area (Å²) in [5.41, 5.74) is 4.51. The highest BCUT2D eigenvalue weighted by Gasteiger charge is 2.08. The molecule has 0 unspecified atom stereocenters. The molecule has 0 aliphatic carbocycles. The first-order valence-corrected chi connectivity index (χ1v) is 8.43. The van der Waals surface area contributed by atoms with Crippen molar-refractivity contribution in [1.82, 2.24) is 15.3 Å². The van der Waals surface area contributed by atoms with Gasteiger partial charge < -0.3 is 5.32 Å². The number of hydrogen-bond donors (Lipinski definition) is 1. The molecule has 4 heteroatoms. The lowest BCUT2D eigenvalue weighted by Gasteiger charge is -2.08. The van der Waals surface area contributed by atoms with Crippen LogP contribution >= 0.6 is 0 Å². The minimum Gasteiger partial charge on any atom is -0.346 e. The number of aromatic nitrogens is 2. The Morgan fingerprint density at radius 3 is 2.42 bits per heavy atom. The summed E-state index contributed by atoms with van der Waals surface area (Å²) in [5, 5.41) is 3.99. The molecular formula is C22H17N3O. The van der Waals surface area contributed by atoms with Crippen molar-refractivity contribution in [3.05, 3.63) is 96.4 Å². The second-order valence-electron chi connectivity index (χ2n) is 5.96. The molecule has 1 amide bonds. The zero-order valence-electron chi connectivity index (χ0n) is 14.1. The second kappa shape index (κ2) is 7.15. The average molecular weight is 339 g/mol. The van der Waals surface area contributed by atoms with Crippen LogP contribution in [0.5, 0.6) is 0 Å². The predicted molar refractivity (Wildman–Crippen MR) is 103 cm³/mol. The fraction of sp³-hybridized carbons (Fsp3) is 0.0455.